The number of amides is 3. The quantitative estimate of drug-likeness (QED) is 0.605. The number of unbranched alkanes of at least 4 members (excludes halogenated alkanes) is 1. The van der Waals surface area contributed by atoms with Gasteiger partial charge in [0.2, 0.25) is 5.91 Å². The average Bonchev–Trinajstić information content (AvgIpc) is 2.91. The van der Waals surface area contributed by atoms with Crippen molar-refractivity contribution in [2.75, 3.05) is 11.9 Å². The van der Waals surface area contributed by atoms with Crippen molar-refractivity contribution >= 4 is 50.5 Å². The number of rotatable bonds is 5. The zero-order valence-corrected chi connectivity index (χ0v) is 17.9. The SMILES string of the molecule is CCCCNC(=O)NC1=NC(C)C(C(=O)Nc2c(C)cc(C)cc2Br)S1. The molecule has 1 aromatic carbocycles. The molecule has 0 radical (unpaired) electrons. The molecule has 6 nitrogen and oxygen atoms in total. The summed E-state index contributed by atoms with van der Waals surface area (Å²) in [6, 6.07) is 3.50. The van der Waals surface area contributed by atoms with Gasteiger partial charge in [-0.1, -0.05) is 31.2 Å². The minimum Gasteiger partial charge on any atom is -0.338 e. The Kier molecular flexibility index (Phi) is 7.52. The van der Waals surface area contributed by atoms with Crippen molar-refractivity contribution in [3.05, 3.63) is 27.7 Å². The van der Waals surface area contributed by atoms with Crippen LogP contribution < -0.4 is 16.0 Å². The van der Waals surface area contributed by atoms with Gasteiger partial charge in [0.1, 0.15) is 5.25 Å². The van der Waals surface area contributed by atoms with Crippen molar-refractivity contribution in [3.8, 4) is 0 Å². The molecule has 0 saturated heterocycles. The monoisotopic (exact) mass is 440 g/mol. The smallest absolute Gasteiger partial charge is 0.320 e. The lowest BCUT2D eigenvalue weighted by atomic mass is 10.1. The van der Waals surface area contributed by atoms with E-state index >= 15 is 0 Å². The summed E-state index contributed by atoms with van der Waals surface area (Å²) in [4.78, 5) is 28.9. The second kappa shape index (κ2) is 9.41. The van der Waals surface area contributed by atoms with Crippen LogP contribution in [-0.4, -0.2) is 34.9 Å². The molecular weight excluding hydrogens is 416 g/mol. The van der Waals surface area contributed by atoms with E-state index in [0.717, 1.165) is 34.1 Å². The first-order chi connectivity index (χ1) is 12.3. The van der Waals surface area contributed by atoms with E-state index in [-0.39, 0.29) is 23.2 Å². The number of nitrogens with zero attached hydrogens (tertiary/aromatic N) is 1. The molecule has 1 aromatic rings. The first kappa shape index (κ1) is 20.8. The van der Waals surface area contributed by atoms with Gasteiger partial charge < -0.3 is 10.6 Å². The number of nitrogens with one attached hydrogen (secondary N) is 3. The van der Waals surface area contributed by atoms with Crippen LogP contribution in [0.4, 0.5) is 10.5 Å². The third kappa shape index (κ3) is 5.48. The van der Waals surface area contributed by atoms with Crippen LogP contribution in [0.15, 0.2) is 21.6 Å². The van der Waals surface area contributed by atoms with Crippen LogP contribution in [0.2, 0.25) is 0 Å². The molecule has 0 spiro atoms. The predicted molar refractivity (Wildman–Crippen MR) is 112 cm³/mol. The molecule has 2 unspecified atom stereocenters. The Bertz CT molecular complexity index is 700. The van der Waals surface area contributed by atoms with Crippen molar-refractivity contribution in [2.45, 2.75) is 51.8 Å². The van der Waals surface area contributed by atoms with E-state index < -0.39 is 0 Å². The third-order valence-corrected chi connectivity index (χ3v) is 5.89. The summed E-state index contributed by atoms with van der Waals surface area (Å²) in [5.41, 5.74) is 2.89. The molecular formula is C18H25BrN4O2S. The molecule has 2 atom stereocenters. The number of halogens is 1. The summed E-state index contributed by atoms with van der Waals surface area (Å²) in [6.45, 7) is 8.53. The van der Waals surface area contributed by atoms with E-state index in [4.69, 9.17) is 0 Å². The van der Waals surface area contributed by atoms with Gasteiger partial charge in [-0.25, -0.2) is 4.79 Å². The summed E-state index contributed by atoms with van der Waals surface area (Å²) < 4.78 is 0.855. The van der Waals surface area contributed by atoms with Crippen molar-refractivity contribution in [2.24, 2.45) is 4.99 Å². The third-order valence-electron chi connectivity index (χ3n) is 3.97. The van der Waals surface area contributed by atoms with E-state index in [9.17, 15) is 9.59 Å². The maximum Gasteiger partial charge on any atom is 0.320 e. The van der Waals surface area contributed by atoms with Crippen molar-refractivity contribution in [1.29, 1.82) is 0 Å². The summed E-state index contributed by atoms with van der Waals surface area (Å²) in [6.07, 6.45) is 1.95. The molecule has 8 heteroatoms. The van der Waals surface area contributed by atoms with Crippen LogP contribution in [0, 0.1) is 13.8 Å². The van der Waals surface area contributed by atoms with Crippen LogP contribution in [0.1, 0.15) is 37.8 Å². The van der Waals surface area contributed by atoms with Gasteiger partial charge in [0.05, 0.1) is 11.7 Å². The molecule has 142 valence electrons. The zero-order valence-electron chi connectivity index (χ0n) is 15.5. The molecule has 0 fully saturated rings. The fourth-order valence-corrected chi connectivity index (χ4v) is 4.44. The Morgan fingerprint density at radius 2 is 2.00 bits per heavy atom. The highest BCUT2D eigenvalue weighted by atomic mass is 79.9. The van der Waals surface area contributed by atoms with Crippen molar-refractivity contribution in [3.63, 3.8) is 0 Å². The largest absolute Gasteiger partial charge is 0.338 e. The zero-order chi connectivity index (χ0) is 19.3. The molecule has 26 heavy (non-hydrogen) atoms. The second-order valence-electron chi connectivity index (χ2n) is 6.38. The highest BCUT2D eigenvalue weighted by Gasteiger charge is 2.34. The summed E-state index contributed by atoms with van der Waals surface area (Å²) >= 11 is 4.79. The van der Waals surface area contributed by atoms with Gasteiger partial charge in [-0.15, -0.1) is 0 Å². The van der Waals surface area contributed by atoms with Gasteiger partial charge in [-0.3, -0.25) is 15.1 Å². The van der Waals surface area contributed by atoms with Gasteiger partial charge in [0, 0.05) is 11.0 Å². The molecule has 2 rings (SSSR count). The molecule has 1 aliphatic rings. The van der Waals surface area contributed by atoms with E-state index in [0.29, 0.717) is 11.7 Å². The van der Waals surface area contributed by atoms with E-state index in [1.54, 1.807) is 0 Å². The number of benzene rings is 1. The first-order valence-electron chi connectivity index (χ1n) is 8.68. The minimum absolute atomic E-state index is 0.123. The van der Waals surface area contributed by atoms with Crippen LogP contribution >= 0.6 is 27.7 Å². The Labute approximate surface area is 167 Å². The second-order valence-corrected chi connectivity index (χ2v) is 8.36. The average molecular weight is 441 g/mol. The molecule has 0 saturated carbocycles. The molecule has 0 aliphatic carbocycles. The Morgan fingerprint density at radius 3 is 2.65 bits per heavy atom. The van der Waals surface area contributed by atoms with Gasteiger partial charge >= 0.3 is 6.03 Å². The summed E-state index contributed by atoms with van der Waals surface area (Å²) in [5.74, 6) is -0.123. The standard InChI is InChI=1S/C18H25BrN4O2S/c1-5-6-7-20-17(25)23-18-21-12(4)15(26-18)16(24)22-14-11(3)8-10(2)9-13(14)19/h8-9,12,15H,5-7H2,1-4H3,(H,22,24)(H2,20,21,23,25). The predicted octanol–water partition coefficient (Wildman–Crippen LogP) is 3.96. The Hall–Kier alpha value is -1.54. The lowest BCUT2D eigenvalue weighted by Gasteiger charge is -2.16. The number of aryl methyl sites for hydroxylation is 2. The topological polar surface area (TPSA) is 82.6 Å². The summed E-state index contributed by atoms with van der Waals surface area (Å²) in [7, 11) is 0. The Balaban J connectivity index is 1.95. The maximum absolute atomic E-state index is 12.7. The fourth-order valence-electron chi connectivity index (χ4n) is 2.62. The van der Waals surface area contributed by atoms with E-state index in [1.807, 2.05) is 32.9 Å². The van der Waals surface area contributed by atoms with Crippen LogP contribution in [0.5, 0.6) is 0 Å². The van der Waals surface area contributed by atoms with Crippen molar-refractivity contribution < 1.29 is 9.59 Å². The molecule has 1 aliphatic heterocycles. The number of amidine groups is 1. The highest BCUT2D eigenvalue weighted by Crippen LogP contribution is 2.31. The molecule has 3 N–H and O–H groups in total. The number of aliphatic imine (C=N–C) groups is 1. The van der Waals surface area contributed by atoms with E-state index in [2.05, 4.69) is 43.8 Å². The molecule has 3 amide bonds. The highest BCUT2D eigenvalue weighted by molar-refractivity contribution is 9.10. The number of thioether (sulfide) groups is 1. The van der Waals surface area contributed by atoms with Crippen LogP contribution in [0.3, 0.4) is 0 Å². The van der Waals surface area contributed by atoms with Gasteiger partial charge in [0.15, 0.2) is 5.17 Å². The van der Waals surface area contributed by atoms with Crippen molar-refractivity contribution in [1.82, 2.24) is 10.6 Å². The van der Waals surface area contributed by atoms with Gasteiger partial charge in [-0.2, -0.15) is 0 Å². The van der Waals surface area contributed by atoms with Gasteiger partial charge in [0.25, 0.3) is 0 Å². The minimum atomic E-state index is -0.381. The number of hydrogen-bond acceptors (Lipinski definition) is 4. The van der Waals surface area contributed by atoms with Crippen LogP contribution in [-0.2, 0) is 4.79 Å². The number of carbonyl (C=O) groups is 2. The van der Waals surface area contributed by atoms with Gasteiger partial charge in [-0.05, 0) is 60.3 Å². The number of carbonyl (C=O) groups excluding carboxylic acids is 2. The number of hydrogen-bond donors (Lipinski definition) is 3. The molecule has 0 aromatic heterocycles. The Morgan fingerprint density at radius 1 is 1.27 bits per heavy atom. The number of anilines is 1. The lowest BCUT2D eigenvalue weighted by Crippen LogP contribution is -2.38. The van der Waals surface area contributed by atoms with E-state index in [1.165, 1.54) is 11.8 Å². The fraction of sp³-hybridized carbons (Fsp3) is 0.500. The number of urea groups is 1. The summed E-state index contributed by atoms with van der Waals surface area (Å²) in [5, 5.41) is 8.58. The molecule has 1 heterocycles. The lowest BCUT2D eigenvalue weighted by molar-refractivity contribution is -0.115. The normalized spacial score (nSPS) is 19.0. The first-order valence-corrected chi connectivity index (χ1v) is 10.4. The molecule has 0 bridgehead atoms. The maximum atomic E-state index is 12.7. The van der Waals surface area contributed by atoms with Crippen LogP contribution in [0.25, 0.3) is 0 Å².